The van der Waals surface area contributed by atoms with Gasteiger partial charge in [0.1, 0.15) is 16.1 Å². The standard InChI is InChI=1S/C68H74N8O4Si4.2ClH.Zn/c1-81(2,3)41-37-45-13-17-47(18-14-45)61-53-29-33-57(71-53)63(49-21-25-51(26-22-49)65(69)75-67(77)79-39-43-83(7,8)9)59-35-31-55(73-59)62(48-19-15-46(16-20-48)38-42-82(4,5)6)56-32-36-60(74-56)64(58-34-30-54(61)72-58)50-23-27-52(28-24-50)66(70)76-68(78)80-40-44-84(10,11)12;;;/h13-36H,39-40,43-44H2,1-12H3,(H6,69,70,71,72,73,74,75,76,77,78);2*1H;/q;;;+2/p-2. The van der Waals surface area contributed by atoms with Gasteiger partial charge < -0.3 is 44.3 Å². The molecule has 19 heteroatoms. The van der Waals surface area contributed by atoms with Gasteiger partial charge in [0.15, 0.2) is 0 Å². The summed E-state index contributed by atoms with van der Waals surface area (Å²) >= 11 is 0. The van der Waals surface area contributed by atoms with E-state index >= 15 is 0 Å². The Morgan fingerprint density at radius 1 is 0.437 bits per heavy atom. The average Bonchev–Trinajstić information content (AvgIpc) is 1.99. The molecule has 3 aromatic heterocycles. The van der Waals surface area contributed by atoms with Gasteiger partial charge in [0.2, 0.25) is 0 Å². The molecule has 12 nitrogen and oxygen atoms in total. The van der Waals surface area contributed by atoms with Crippen LogP contribution in [-0.2, 0) is 29.0 Å². The Morgan fingerprint density at radius 2 is 0.701 bits per heavy atom. The molecular weight excluding hydrogens is 1240 g/mol. The van der Waals surface area contributed by atoms with E-state index in [0.29, 0.717) is 69.2 Å². The molecule has 0 aliphatic carbocycles. The number of nitrogens with one attached hydrogen (secondary N) is 2. The van der Waals surface area contributed by atoms with Crippen LogP contribution in [0.3, 0.4) is 0 Å². The number of halogens is 2. The summed E-state index contributed by atoms with van der Waals surface area (Å²) < 4.78 is 11.0. The molecule has 5 heterocycles. The Balaban J connectivity index is 0.00000403. The molecule has 2 amide bonds. The average molecular weight is 1320 g/mol. The minimum absolute atomic E-state index is 0. The van der Waals surface area contributed by atoms with Crippen molar-refractivity contribution >= 4 is 103 Å². The van der Waals surface area contributed by atoms with E-state index in [1.807, 2.05) is 97.1 Å². The van der Waals surface area contributed by atoms with Crippen molar-refractivity contribution in [1.29, 1.82) is 0 Å². The van der Waals surface area contributed by atoms with Crippen LogP contribution in [-0.4, -0.2) is 79.3 Å². The van der Waals surface area contributed by atoms with E-state index in [9.17, 15) is 9.59 Å². The van der Waals surface area contributed by atoms with E-state index in [4.69, 9.17) is 40.2 Å². The number of alkyl carbamates (subject to hydrolysis) is 2. The third kappa shape index (κ3) is 18.3. The molecule has 0 spiro atoms. The summed E-state index contributed by atoms with van der Waals surface area (Å²) in [5, 5.41) is 18.5. The van der Waals surface area contributed by atoms with Gasteiger partial charge in [-0.1, -0.05) is 163 Å². The number of rotatable bonds is 12. The second-order valence-corrected chi connectivity index (χ2v) is 46.4. The number of hydrogen-bond donors (Lipinski definition) is 4. The van der Waals surface area contributed by atoms with Crippen LogP contribution in [0.1, 0.15) is 45.0 Å². The number of benzene rings is 4. The number of ether oxygens (including phenoxy) is 2. The summed E-state index contributed by atoms with van der Waals surface area (Å²) in [6, 6.07) is 41.8. The summed E-state index contributed by atoms with van der Waals surface area (Å²) in [6.07, 6.45) is 6.95. The fourth-order valence-electron chi connectivity index (χ4n) is 9.20. The molecule has 6 N–H and O–H groups in total. The van der Waals surface area contributed by atoms with E-state index in [2.05, 4.69) is 161 Å². The van der Waals surface area contributed by atoms with Gasteiger partial charge in [-0.15, -0.1) is 33.2 Å². The van der Waals surface area contributed by atoms with Crippen molar-refractivity contribution in [2.45, 2.75) is 90.7 Å². The van der Waals surface area contributed by atoms with Gasteiger partial charge in [-0.25, -0.2) is 9.97 Å². The second kappa shape index (κ2) is 28.6. The van der Waals surface area contributed by atoms with Gasteiger partial charge in [-0.3, -0.25) is 10.8 Å². The molecule has 7 aromatic rings. The number of nitrogens with two attached hydrogens (primary N) is 2. The topological polar surface area (TPSA) is 182 Å². The first-order valence-electron chi connectivity index (χ1n) is 28.4. The Morgan fingerprint density at radius 3 is 0.954 bits per heavy atom. The van der Waals surface area contributed by atoms with Crippen LogP contribution >= 0.6 is 0 Å². The summed E-state index contributed by atoms with van der Waals surface area (Å²) in [4.78, 5) is 47.6. The van der Waals surface area contributed by atoms with Crippen molar-refractivity contribution in [3.8, 4) is 67.4 Å². The number of hydrogen-bond acceptors (Lipinski definition) is 6. The zero-order chi connectivity index (χ0) is 60.1. The van der Waals surface area contributed by atoms with Gasteiger partial charge in [-0.05, 0) is 129 Å². The number of carbonyl (C=O) groups is 2. The minimum Gasteiger partial charge on any atom is -1.00 e. The third-order valence-corrected chi connectivity index (χ3v) is 18.9. The summed E-state index contributed by atoms with van der Waals surface area (Å²) in [5.41, 5.74) is 22.4. The Kier molecular flexibility index (Phi) is 22.6. The van der Waals surface area contributed by atoms with Crippen LogP contribution in [0.4, 0.5) is 9.59 Å². The first-order valence-corrected chi connectivity index (χ1v) is 42.8. The monoisotopic (exact) mass is 1310 g/mol. The first-order chi connectivity index (χ1) is 39.7. The Hall–Kier alpha value is -7.45. The van der Waals surface area contributed by atoms with Gasteiger partial charge in [0.25, 0.3) is 11.7 Å². The summed E-state index contributed by atoms with van der Waals surface area (Å²) in [7, 11) is -6.10. The molecule has 2 aliphatic heterocycles. The van der Waals surface area contributed by atoms with Crippen LogP contribution in [0.5, 0.6) is 0 Å². The molecule has 0 atom stereocenters. The van der Waals surface area contributed by atoms with E-state index in [1.54, 1.807) is 0 Å². The molecule has 9 rings (SSSR count). The smallest absolute Gasteiger partial charge is 1.00 e. The van der Waals surface area contributed by atoms with Crippen LogP contribution in [0.15, 0.2) is 121 Å². The predicted molar refractivity (Wildman–Crippen MR) is 356 cm³/mol. The van der Waals surface area contributed by atoms with Crippen LogP contribution in [0.25, 0.3) is 90.9 Å². The van der Waals surface area contributed by atoms with Crippen molar-refractivity contribution in [3.05, 3.63) is 166 Å². The number of fused-ring (bicyclic) bond motifs is 8. The van der Waals surface area contributed by atoms with E-state index in [-0.39, 0.29) is 56.0 Å². The van der Waals surface area contributed by atoms with Crippen LogP contribution in [0, 0.1) is 22.9 Å². The Bertz CT molecular complexity index is 3830. The van der Waals surface area contributed by atoms with Crippen molar-refractivity contribution in [1.82, 2.24) is 30.6 Å². The quantitative estimate of drug-likeness (QED) is 0.0484. The maximum absolute atomic E-state index is 12.8. The van der Waals surface area contributed by atoms with E-state index < -0.39 is 44.5 Å². The number of carbonyl (C=O) groups excluding carboxylic acids is 2. The molecule has 4 aromatic carbocycles. The van der Waals surface area contributed by atoms with Gasteiger partial charge in [0, 0.05) is 27.3 Å². The second-order valence-electron chi connectivity index (χ2n) is 25.6. The maximum Gasteiger partial charge on any atom is 2.00 e. The number of amidine groups is 2. The van der Waals surface area contributed by atoms with Crippen molar-refractivity contribution < 1.29 is 74.2 Å². The van der Waals surface area contributed by atoms with Crippen LogP contribution in [0.2, 0.25) is 90.7 Å². The van der Waals surface area contributed by atoms with E-state index in [0.717, 1.165) is 67.7 Å². The van der Waals surface area contributed by atoms with Gasteiger partial charge >= 0.3 is 31.7 Å². The zero-order valence-electron chi connectivity index (χ0n) is 51.7. The fourth-order valence-corrected chi connectivity index (χ4v) is 11.7. The third-order valence-electron chi connectivity index (χ3n) is 13.7. The number of amides is 2. The molecule has 87 heavy (non-hydrogen) atoms. The molecule has 2 aliphatic rings. The van der Waals surface area contributed by atoms with Gasteiger partial charge in [0.05, 0.1) is 47.1 Å². The molecular formula is C68H74Cl2N8O4Si4Zn. The van der Waals surface area contributed by atoms with E-state index in [1.165, 1.54) is 0 Å². The SMILES string of the molecule is C[Si](C)(C)C#Cc1ccc(-c2c3nc(c(-c4ccc(C(=[NH2+])NC(=O)OCC[Si](C)(C)C)cc4)c4ccc([n-]4)c(-c4ccc(C#C[Si](C)(C)C)cc4)c4nc(c(-c5ccc(C(=[NH2+])NC(=O)OCC[Si](C)(C)C)cc5)c5ccc2[n-]5)C=C4)C=C3)cc1.[Cl-].[Cl-].[Zn+2]. The molecule has 8 bridgehead atoms. The largest absolute Gasteiger partial charge is 2.00 e. The molecule has 0 saturated heterocycles. The molecule has 0 radical (unpaired) electrons. The summed E-state index contributed by atoms with van der Waals surface area (Å²) in [5.74, 6) is 7.19. The number of nitrogens with zero attached hydrogens (tertiary/aromatic N) is 4. The van der Waals surface area contributed by atoms with Crippen molar-refractivity contribution in [2.75, 3.05) is 13.2 Å². The summed E-state index contributed by atoms with van der Waals surface area (Å²) in [6.45, 7) is 27.5. The molecule has 0 saturated carbocycles. The maximum atomic E-state index is 12.8. The van der Waals surface area contributed by atoms with Crippen molar-refractivity contribution in [3.63, 3.8) is 0 Å². The predicted octanol–water partition coefficient (Wildman–Crippen LogP) is 6.19. The Labute approximate surface area is 541 Å². The normalized spacial score (nSPS) is 11.7. The zero-order valence-corrected chi connectivity index (χ0v) is 60.2. The molecule has 0 fully saturated rings. The minimum atomic E-state index is -1.64. The molecule has 442 valence electrons. The van der Waals surface area contributed by atoms with Gasteiger partial charge in [-0.2, -0.15) is 20.2 Å². The number of aromatic nitrogens is 4. The van der Waals surface area contributed by atoms with Crippen molar-refractivity contribution in [2.24, 2.45) is 0 Å². The fraction of sp³-hybridized carbons (Fsp3) is 0.235. The molecule has 0 unspecified atom stereocenters. The van der Waals surface area contributed by atoms with Crippen LogP contribution < -0.4 is 56.2 Å². The first kappa shape index (κ1) is 68.7.